The third-order valence-electron chi connectivity index (χ3n) is 6.17. The number of likely N-dealkylation sites (tertiary alicyclic amines) is 1. The van der Waals surface area contributed by atoms with Gasteiger partial charge in [0.15, 0.2) is 0 Å². The zero-order valence-electron chi connectivity index (χ0n) is 18.0. The third-order valence-corrected chi connectivity index (χ3v) is 8.03. The molecule has 0 spiro atoms. The number of carbonyl (C=O) groups is 2. The second-order valence-electron chi connectivity index (χ2n) is 8.35. The molecule has 0 aliphatic carbocycles. The molecule has 3 heterocycles. The first-order valence-corrected chi connectivity index (χ1v) is 12.2. The summed E-state index contributed by atoms with van der Waals surface area (Å²) in [6.45, 7) is 1.82. The monoisotopic (exact) mass is 462 g/mol. The molecule has 0 unspecified atom stereocenters. The van der Waals surface area contributed by atoms with Crippen molar-refractivity contribution in [3.63, 3.8) is 0 Å². The summed E-state index contributed by atoms with van der Waals surface area (Å²) < 4.78 is 42.3. The fourth-order valence-corrected chi connectivity index (χ4v) is 5.80. The van der Waals surface area contributed by atoms with E-state index < -0.39 is 10.0 Å². The van der Waals surface area contributed by atoms with Gasteiger partial charge in [-0.15, -0.1) is 0 Å². The van der Waals surface area contributed by atoms with Crippen molar-refractivity contribution in [3.05, 3.63) is 48.0 Å². The number of aryl methyl sites for hydroxylation is 1. The van der Waals surface area contributed by atoms with E-state index in [-0.39, 0.29) is 41.5 Å². The van der Waals surface area contributed by atoms with Crippen LogP contribution < -0.4 is 5.32 Å². The lowest BCUT2D eigenvalue weighted by Gasteiger charge is -2.30. The lowest BCUT2D eigenvalue weighted by Crippen LogP contribution is -2.41. The zero-order valence-corrected chi connectivity index (χ0v) is 18.8. The van der Waals surface area contributed by atoms with E-state index in [2.05, 4.69) is 5.32 Å². The maximum absolute atomic E-state index is 13.1. The second kappa shape index (κ2) is 9.03. The van der Waals surface area contributed by atoms with Crippen LogP contribution in [0.5, 0.6) is 0 Å². The second-order valence-corrected chi connectivity index (χ2v) is 10.3. The van der Waals surface area contributed by atoms with Gasteiger partial charge in [-0.3, -0.25) is 9.59 Å². The van der Waals surface area contributed by atoms with Gasteiger partial charge in [-0.25, -0.2) is 12.8 Å². The van der Waals surface area contributed by atoms with Crippen molar-refractivity contribution in [1.29, 1.82) is 0 Å². The van der Waals surface area contributed by atoms with E-state index >= 15 is 0 Å². The molecule has 2 aliphatic rings. The van der Waals surface area contributed by atoms with Gasteiger partial charge in [0, 0.05) is 51.0 Å². The van der Waals surface area contributed by atoms with E-state index in [0.717, 1.165) is 12.8 Å². The Morgan fingerprint density at radius 1 is 1.03 bits per heavy atom. The molecule has 4 rings (SSSR count). The average Bonchev–Trinajstić information content (AvgIpc) is 3.45. The molecule has 0 atom stereocenters. The molecule has 10 heteroatoms. The number of hydrogen-bond donors (Lipinski definition) is 1. The van der Waals surface area contributed by atoms with Crippen LogP contribution in [0.4, 0.5) is 10.1 Å². The fraction of sp³-hybridized carbons (Fsp3) is 0.455. The van der Waals surface area contributed by atoms with Gasteiger partial charge in [0.25, 0.3) is 5.91 Å². The fourth-order valence-electron chi connectivity index (χ4n) is 4.26. The van der Waals surface area contributed by atoms with Gasteiger partial charge in [0.05, 0.1) is 0 Å². The smallest absolute Gasteiger partial charge is 0.270 e. The topological polar surface area (TPSA) is 91.7 Å². The molecular formula is C22H27FN4O4S. The van der Waals surface area contributed by atoms with Crippen molar-refractivity contribution in [2.75, 3.05) is 31.5 Å². The molecular weight excluding hydrogens is 435 g/mol. The highest BCUT2D eigenvalue weighted by atomic mass is 32.2. The van der Waals surface area contributed by atoms with Crippen LogP contribution in [0, 0.1) is 11.7 Å². The van der Waals surface area contributed by atoms with E-state index in [0.29, 0.717) is 37.3 Å². The summed E-state index contributed by atoms with van der Waals surface area (Å²) in [6.07, 6.45) is 4.18. The molecule has 1 aromatic heterocycles. The first kappa shape index (κ1) is 22.5. The molecule has 1 aromatic carbocycles. The molecule has 0 bridgehead atoms. The molecule has 0 saturated carbocycles. The third kappa shape index (κ3) is 4.56. The SMILES string of the molecule is Cn1cc(S(=O)(=O)N2CCC(C(=O)Nc3ccc(F)cc3)CC2)cc1C(=O)N1CCCC1. The number of nitrogens with one attached hydrogen (secondary N) is 1. The Labute approximate surface area is 187 Å². The van der Waals surface area contributed by atoms with Gasteiger partial charge in [0.1, 0.15) is 16.4 Å². The molecule has 2 aromatic rings. The number of sulfonamides is 1. The van der Waals surface area contributed by atoms with E-state index in [1.54, 1.807) is 16.5 Å². The highest BCUT2D eigenvalue weighted by molar-refractivity contribution is 7.89. The van der Waals surface area contributed by atoms with Gasteiger partial charge in [0.2, 0.25) is 15.9 Å². The Kier molecular flexibility index (Phi) is 6.34. The molecule has 2 aliphatic heterocycles. The lowest BCUT2D eigenvalue weighted by atomic mass is 9.97. The van der Waals surface area contributed by atoms with Crippen LogP contribution in [0.25, 0.3) is 0 Å². The van der Waals surface area contributed by atoms with Crippen LogP contribution in [-0.4, -0.2) is 60.2 Å². The number of benzene rings is 1. The maximum Gasteiger partial charge on any atom is 0.270 e. The van der Waals surface area contributed by atoms with Gasteiger partial charge >= 0.3 is 0 Å². The van der Waals surface area contributed by atoms with Gasteiger partial charge in [-0.1, -0.05) is 0 Å². The normalized spacial score (nSPS) is 18.1. The summed E-state index contributed by atoms with van der Waals surface area (Å²) in [5.41, 5.74) is 0.866. The van der Waals surface area contributed by atoms with Crippen molar-refractivity contribution in [2.24, 2.45) is 13.0 Å². The molecule has 172 valence electrons. The summed E-state index contributed by atoms with van der Waals surface area (Å²) >= 11 is 0. The van der Waals surface area contributed by atoms with Crippen LogP contribution in [-0.2, 0) is 21.9 Å². The van der Waals surface area contributed by atoms with Crippen molar-refractivity contribution in [2.45, 2.75) is 30.6 Å². The number of piperidine rings is 1. The molecule has 2 saturated heterocycles. The first-order valence-electron chi connectivity index (χ1n) is 10.8. The van der Waals surface area contributed by atoms with Crippen LogP contribution in [0.1, 0.15) is 36.2 Å². The quantitative estimate of drug-likeness (QED) is 0.739. The molecule has 32 heavy (non-hydrogen) atoms. The maximum atomic E-state index is 13.1. The minimum Gasteiger partial charge on any atom is -0.345 e. The Hall–Kier alpha value is -2.72. The van der Waals surface area contributed by atoms with Gasteiger partial charge < -0.3 is 14.8 Å². The molecule has 1 N–H and O–H groups in total. The first-order chi connectivity index (χ1) is 15.3. The Morgan fingerprint density at radius 2 is 1.66 bits per heavy atom. The van der Waals surface area contributed by atoms with E-state index in [9.17, 15) is 22.4 Å². The highest BCUT2D eigenvalue weighted by Gasteiger charge is 2.34. The number of nitrogens with zero attached hydrogens (tertiary/aromatic N) is 3. The van der Waals surface area contributed by atoms with Crippen molar-refractivity contribution in [3.8, 4) is 0 Å². The summed E-state index contributed by atoms with van der Waals surface area (Å²) in [6, 6.07) is 6.97. The number of anilines is 1. The number of hydrogen-bond acceptors (Lipinski definition) is 4. The molecule has 0 radical (unpaired) electrons. The number of aromatic nitrogens is 1. The number of rotatable bonds is 5. The lowest BCUT2D eigenvalue weighted by molar-refractivity contribution is -0.120. The average molecular weight is 463 g/mol. The standard InChI is InChI=1S/C22H27FN4O4S/c1-25-15-19(14-20(25)22(29)26-10-2-3-11-26)32(30,31)27-12-8-16(9-13-27)21(28)24-18-6-4-17(23)5-7-18/h4-7,14-16H,2-3,8-13H2,1H3,(H,24,28). The number of amides is 2. The predicted molar refractivity (Wildman–Crippen MR) is 117 cm³/mol. The Morgan fingerprint density at radius 3 is 2.28 bits per heavy atom. The Bertz CT molecular complexity index is 1100. The van der Waals surface area contributed by atoms with Crippen LogP contribution in [0.3, 0.4) is 0 Å². The molecule has 8 nitrogen and oxygen atoms in total. The minimum absolute atomic E-state index is 0.0942. The molecule has 2 amide bonds. The zero-order chi connectivity index (χ0) is 22.9. The van der Waals surface area contributed by atoms with Crippen molar-refractivity contribution < 1.29 is 22.4 Å². The van der Waals surface area contributed by atoms with E-state index in [1.165, 1.54) is 40.8 Å². The van der Waals surface area contributed by atoms with Gasteiger partial charge in [-0.05, 0) is 56.0 Å². The van der Waals surface area contributed by atoms with Crippen LogP contribution >= 0.6 is 0 Å². The van der Waals surface area contributed by atoms with E-state index in [4.69, 9.17) is 0 Å². The highest BCUT2D eigenvalue weighted by Crippen LogP contribution is 2.26. The van der Waals surface area contributed by atoms with Crippen molar-refractivity contribution >= 4 is 27.5 Å². The minimum atomic E-state index is -3.77. The number of halogens is 1. The van der Waals surface area contributed by atoms with E-state index in [1.807, 2.05) is 0 Å². The van der Waals surface area contributed by atoms with Crippen molar-refractivity contribution in [1.82, 2.24) is 13.8 Å². The summed E-state index contributed by atoms with van der Waals surface area (Å²) in [4.78, 5) is 27.1. The number of carbonyl (C=O) groups excluding carboxylic acids is 2. The largest absolute Gasteiger partial charge is 0.345 e. The Balaban J connectivity index is 1.39. The molecule has 2 fully saturated rings. The van der Waals surface area contributed by atoms with Crippen LogP contribution in [0.15, 0.2) is 41.4 Å². The van der Waals surface area contributed by atoms with Gasteiger partial charge in [-0.2, -0.15) is 4.31 Å². The van der Waals surface area contributed by atoms with Crippen LogP contribution in [0.2, 0.25) is 0 Å². The summed E-state index contributed by atoms with van der Waals surface area (Å²) in [5, 5.41) is 2.76. The summed E-state index contributed by atoms with van der Waals surface area (Å²) in [7, 11) is -2.09. The predicted octanol–water partition coefficient (Wildman–Crippen LogP) is 2.44. The summed E-state index contributed by atoms with van der Waals surface area (Å²) in [5.74, 6) is -1.06.